The highest BCUT2D eigenvalue weighted by Gasteiger charge is 1.97. The third kappa shape index (κ3) is 4.61. The van der Waals surface area contributed by atoms with Gasteiger partial charge in [-0.15, -0.1) is 0 Å². The van der Waals surface area contributed by atoms with Crippen molar-refractivity contribution < 1.29 is 0 Å². The predicted molar refractivity (Wildman–Crippen MR) is 116 cm³/mol. The van der Waals surface area contributed by atoms with Crippen LogP contribution in [0.5, 0.6) is 0 Å². The molecule has 0 bridgehead atoms. The summed E-state index contributed by atoms with van der Waals surface area (Å²) < 4.78 is 0. The molecule has 0 spiro atoms. The summed E-state index contributed by atoms with van der Waals surface area (Å²) in [6, 6.07) is 25.9. The van der Waals surface area contributed by atoms with Crippen molar-refractivity contribution in [1.82, 2.24) is 0 Å². The second kappa shape index (κ2) is 9.01. The fourth-order valence-corrected chi connectivity index (χ4v) is 3.13. The average molecular weight is 338 g/mol. The molecule has 3 aromatic carbocycles. The Bertz CT molecular complexity index is 819. The van der Waals surface area contributed by atoms with Crippen molar-refractivity contribution in [3.63, 3.8) is 0 Å². The van der Waals surface area contributed by atoms with Gasteiger partial charge in [0.05, 0.1) is 0 Å². The van der Waals surface area contributed by atoms with E-state index in [0.717, 1.165) is 12.8 Å². The highest BCUT2D eigenvalue weighted by molar-refractivity contribution is 5.74. The molecule has 0 N–H and O–H groups in total. The van der Waals surface area contributed by atoms with Crippen LogP contribution in [0.3, 0.4) is 0 Å². The molecule has 0 heteroatoms. The maximum absolute atomic E-state index is 2.21. The van der Waals surface area contributed by atoms with Crippen LogP contribution in [0.1, 0.15) is 47.2 Å². The molecule has 0 heterocycles. The van der Waals surface area contributed by atoms with E-state index in [1.165, 1.54) is 33.4 Å². The van der Waals surface area contributed by atoms with Crippen molar-refractivity contribution in [2.24, 2.45) is 0 Å². The van der Waals surface area contributed by atoms with E-state index in [-0.39, 0.29) is 0 Å². The Morgan fingerprint density at radius 2 is 0.885 bits per heavy atom. The van der Waals surface area contributed by atoms with E-state index in [1.807, 2.05) is 0 Å². The fourth-order valence-electron chi connectivity index (χ4n) is 3.13. The average Bonchev–Trinajstić information content (AvgIpc) is 2.72. The maximum atomic E-state index is 2.21. The largest absolute Gasteiger partial charge is 0.0620 e. The Kier molecular flexibility index (Phi) is 6.22. The zero-order chi connectivity index (χ0) is 18.2. The van der Waals surface area contributed by atoms with E-state index in [0.29, 0.717) is 0 Å². The first kappa shape index (κ1) is 17.9. The molecule has 0 aromatic heterocycles. The Balaban J connectivity index is 1.72. The lowest BCUT2D eigenvalue weighted by Gasteiger charge is -2.03. The van der Waals surface area contributed by atoms with Crippen LogP contribution in [0.25, 0.3) is 24.3 Å². The molecule has 0 aliphatic heterocycles. The van der Waals surface area contributed by atoms with Gasteiger partial charge in [-0.05, 0) is 46.2 Å². The zero-order valence-corrected chi connectivity index (χ0v) is 15.7. The van der Waals surface area contributed by atoms with Crippen LogP contribution in [0.2, 0.25) is 0 Å². The van der Waals surface area contributed by atoms with E-state index in [2.05, 4.69) is 111 Å². The highest BCUT2D eigenvalue weighted by atomic mass is 14.0. The highest BCUT2D eigenvalue weighted by Crippen LogP contribution is 2.16. The molecule has 26 heavy (non-hydrogen) atoms. The first-order valence-electron chi connectivity index (χ1n) is 9.42. The summed E-state index contributed by atoms with van der Waals surface area (Å²) in [7, 11) is 0. The van der Waals surface area contributed by atoms with E-state index < -0.39 is 0 Å². The summed E-state index contributed by atoms with van der Waals surface area (Å²) in [6.07, 6.45) is 10.9. The molecule has 0 atom stereocenters. The van der Waals surface area contributed by atoms with Crippen molar-refractivity contribution >= 4 is 24.3 Å². The van der Waals surface area contributed by atoms with Gasteiger partial charge in [0.15, 0.2) is 0 Å². The van der Waals surface area contributed by atoms with Gasteiger partial charge in [-0.25, -0.2) is 0 Å². The summed E-state index contributed by atoms with van der Waals surface area (Å²) in [4.78, 5) is 0. The fraction of sp³-hybridized carbons (Fsp3) is 0.154. The molecule has 0 amide bonds. The lowest BCUT2D eigenvalue weighted by molar-refractivity contribution is 1.13. The quantitative estimate of drug-likeness (QED) is 0.418. The molecule has 130 valence electrons. The second-order valence-electron chi connectivity index (χ2n) is 6.44. The molecular formula is C26H26. The van der Waals surface area contributed by atoms with Gasteiger partial charge in [-0.1, -0.05) is 111 Å². The van der Waals surface area contributed by atoms with Crippen molar-refractivity contribution in [2.45, 2.75) is 26.7 Å². The number of rotatable bonds is 6. The Morgan fingerprint density at radius 3 is 1.27 bits per heavy atom. The van der Waals surface area contributed by atoms with E-state index in [4.69, 9.17) is 0 Å². The minimum Gasteiger partial charge on any atom is -0.0620 e. The maximum Gasteiger partial charge on any atom is -0.0224 e. The number of benzene rings is 3. The normalized spacial score (nSPS) is 11.5. The van der Waals surface area contributed by atoms with Gasteiger partial charge >= 0.3 is 0 Å². The summed E-state index contributed by atoms with van der Waals surface area (Å²) in [5, 5.41) is 0. The lowest BCUT2D eigenvalue weighted by atomic mass is 10.0. The molecule has 0 nitrogen and oxygen atoms in total. The summed E-state index contributed by atoms with van der Waals surface area (Å²) >= 11 is 0. The first-order valence-corrected chi connectivity index (χ1v) is 9.42. The van der Waals surface area contributed by atoms with Gasteiger partial charge < -0.3 is 0 Å². The van der Waals surface area contributed by atoms with Crippen LogP contribution >= 0.6 is 0 Å². The molecule has 3 aromatic rings. The van der Waals surface area contributed by atoms with Crippen molar-refractivity contribution in [2.75, 3.05) is 0 Å². The van der Waals surface area contributed by atoms with Crippen LogP contribution in [0.4, 0.5) is 0 Å². The molecular weight excluding hydrogens is 312 g/mol. The second-order valence-corrected chi connectivity index (χ2v) is 6.44. The Labute approximate surface area is 157 Å². The molecule has 3 rings (SSSR count). The Morgan fingerprint density at radius 1 is 0.500 bits per heavy atom. The third-order valence-electron chi connectivity index (χ3n) is 4.72. The lowest BCUT2D eigenvalue weighted by Crippen LogP contribution is -1.85. The van der Waals surface area contributed by atoms with Crippen LogP contribution < -0.4 is 0 Å². The number of hydrogen-bond donors (Lipinski definition) is 0. The van der Waals surface area contributed by atoms with Gasteiger partial charge in [0.25, 0.3) is 0 Å². The molecule has 0 unspecified atom stereocenters. The van der Waals surface area contributed by atoms with E-state index in [9.17, 15) is 0 Å². The summed E-state index contributed by atoms with van der Waals surface area (Å²) in [6.45, 7) is 4.40. The summed E-state index contributed by atoms with van der Waals surface area (Å²) in [5.74, 6) is 0. The standard InChI is InChI=1S/C26H26/c1-3-23-9-5-7-11-25(23)19-17-21-13-15-22(16-14-21)18-20-26-12-8-6-10-24(26)4-2/h5-20H,3-4H2,1-2H3. The number of aryl methyl sites for hydroxylation is 2. The van der Waals surface area contributed by atoms with E-state index >= 15 is 0 Å². The topological polar surface area (TPSA) is 0 Å². The van der Waals surface area contributed by atoms with Gasteiger partial charge in [0.1, 0.15) is 0 Å². The van der Waals surface area contributed by atoms with Crippen LogP contribution in [-0.4, -0.2) is 0 Å². The van der Waals surface area contributed by atoms with Crippen molar-refractivity contribution in [1.29, 1.82) is 0 Å². The predicted octanol–water partition coefficient (Wildman–Crippen LogP) is 7.15. The molecule has 0 saturated heterocycles. The molecule has 0 radical (unpaired) electrons. The van der Waals surface area contributed by atoms with Crippen LogP contribution in [-0.2, 0) is 12.8 Å². The van der Waals surface area contributed by atoms with Gasteiger partial charge in [-0.2, -0.15) is 0 Å². The van der Waals surface area contributed by atoms with Gasteiger partial charge in [0.2, 0.25) is 0 Å². The van der Waals surface area contributed by atoms with Crippen molar-refractivity contribution in [3.8, 4) is 0 Å². The minimum atomic E-state index is 1.06. The van der Waals surface area contributed by atoms with Crippen LogP contribution in [0.15, 0.2) is 72.8 Å². The first-order chi connectivity index (χ1) is 12.8. The number of hydrogen-bond acceptors (Lipinski definition) is 0. The van der Waals surface area contributed by atoms with Crippen molar-refractivity contribution in [3.05, 3.63) is 106 Å². The zero-order valence-electron chi connectivity index (χ0n) is 15.7. The molecule has 0 aliphatic carbocycles. The molecule has 0 fully saturated rings. The van der Waals surface area contributed by atoms with Crippen LogP contribution in [0, 0.1) is 0 Å². The summed E-state index contributed by atoms with van der Waals surface area (Å²) in [5.41, 5.74) is 7.82. The SMILES string of the molecule is CCc1ccccc1C=Cc1ccc(C=Cc2ccccc2CC)cc1. The third-order valence-corrected chi connectivity index (χ3v) is 4.72. The monoisotopic (exact) mass is 338 g/mol. The van der Waals surface area contributed by atoms with Gasteiger partial charge in [-0.3, -0.25) is 0 Å². The minimum absolute atomic E-state index is 1.06. The Hall–Kier alpha value is -2.86. The smallest absolute Gasteiger partial charge is 0.0224 e. The molecule has 0 aliphatic rings. The van der Waals surface area contributed by atoms with E-state index in [1.54, 1.807) is 0 Å². The van der Waals surface area contributed by atoms with Gasteiger partial charge in [0, 0.05) is 0 Å². The molecule has 0 saturated carbocycles.